The Labute approximate surface area is 205 Å². The highest BCUT2D eigenvalue weighted by molar-refractivity contribution is 9.10. The van der Waals surface area contributed by atoms with E-state index < -0.39 is 10.0 Å². The summed E-state index contributed by atoms with van der Waals surface area (Å²) in [5.41, 5.74) is 2.33. The molecule has 33 heavy (non-hydrogen) atoms. The van der Waals surface area contributed by atoms with Crippen LogP contribution in [0.2, 0.25) is 5.02 Å². The van der Waals surface area contributed by atoms with E-state index in [0.717, 1.165) is 5.56 Å². The standard InChI is InChI=1S/C23H19BrClN3O4S/c1-3-15-5-4-14(10-20(15)32-21-13-16(24)12-19(27-2)23(21)25)11-22(29)28-17-6-8-18(9-7-17)33(26,30)31/h4-10,12-13H,3,11H2,1H3,(H,28,29)(H2,26,30,31). The summed E-state index contributed by atoms with van der Waals surface area (Å²) in [5, 5.41) is 8.02. The summed E-state index contributed by atoms with van der Waals surface area (Å²) in [5.74, 6) is 0.587. The molecule has 0 bridgehead atoms. The van der Waals surface area contributed by atoms with Crippen molar-refractivity contribution in [2.45, 2.75) is 24.7 Å². The van der Waals surface area contributed by atoms with Gasteiger partial charge in [0, 0.05) is 10.2 Å². The molecule has 7 nitrogen and oxygen atoms in total. The van der Waals surface area contributed by atoms with Crippen molar-refractivity contribution in [3.05, 3.63) is 86.6 Å². The van der Waals surface area contributed by atoms with Crippen molar-refractivity contribution in [1.29, 1.82) is 0 Å². The minimum absolute atomic E-state index is 0.0370. The van der Waals surface area contributed by atoms with E-state index in [0.29, 0.717) is 33.6 Å². The zero-order valence-corrected chi connectivity index (χ0v) is 20.6. The fraction of sp³-hybridized carbons (Fsp3) is 0.130. The zero-order chi connectivity index (χ0) is 24.2. The fourth-order valence-electron chi connectivity index (χ4n) is 3.04. The zero-order valence-electron chi connectivity index (χ0n) is 17.4. The van der Waals surface area contributed by atoms with Crippen LogP contribution in [-0.2, 0) is 27.7 Å². The van der Waals surface area contributed by atoms with Crippen LogP contribution in [0.3, 0.4) is 0 Å². The maximum Gasteiger partial charge on any atom is 0.238 e. The molecule has 0 aliphatic rings. The molecule has 1 amide bonds. The molecule has 0 heterocycles. The van der Waals surface area contributed by atoms with E-state index in [4.69, 9.17) is 28.0 Å². The van der Waals surface area contributed by atoms with Crippen LogP contribution in [0.25, 0.3) is 4.85 Å². The van der Waals surface area contributed by atoms with E-state index in [1.54, 1.807) is 18.2 Å². The van der Waals surface area contributed by atoms with Crippen LogP contribution in [0, 0.1) is 6.57 Å². The first-order valence-electron chi connectivity index (χ1n) is 9.69. The van der Waals surface area contributed by atoms with E-state index in [9.17, 15) is 13.2 Å². The van der Waals surface area contributed by atoms with Crippen LogP contribution < -0.4 is 15.2 Å². The highest BCUT2D eigenvalue weighted by Gasteiger charge is 2.14. The van der Waals surface area contributed by atoms with Gasteiger partial charge in [-0.3, -0.25) is 4.79 Å². The molecule has 0 atom stereocenters. The van der Waals surface area contributed by atoms with Crippen LogP contribution in [0.1, 0.15) is 18.1 Å². The number of carbonyl (C=O) groups excluding carboxylic acids is 1. The molecule has 0 saturated heterocycles. The summed E-state index contributed by atoms with van der Waals surface area (Å²) in [4.78, 5) is 15.9. The van der Waals surface area contributed by atoms with Gasteiger partial charge in [0.25, 0.3) is 0 Å². The van der Waals surface area contributed by atoms with E-state index >= 15 is 0 Å². The number of benzene rings is 3. The van der Waals surface area contributed by atoms with Crippen LogP contribution in [0.4, 0.5) is 11.4 Å². The van der Waals surface area contributed by atoms with E-state index in [1.807, 2.05) is 19.1 Å². The molecule has 3 aromatic carbocycles. The smallest absolute Gasteiger partial charge is 0.238 e. The lowest BCUT2D eigenvalue weighted by atomic mass is 10.1. The Balaban J connectivity index is 1.79. The second-order valence-electron chi connectivity index (χ2n) is 7.04. The third-order valence-electron chi connectivity index (χ3n) is 4.67. The third-order valence-corrected chi connectivity index (χ3v) is 6.44. The van der Waals surface area contributed by atoms with E-state index in [2.05, 4.69) is 26.1 Å². The molecule has 3 rings (SSSR count). The van der Waals surface area contributed by atoms with Gasteiger partial charge >= 0.3 is 0 Å². The first kappa shape index (κ1) is 24.7. The normalized spacial score (nSPS) is 11.0. The molecule has 0 spiro atoms. The van der Waals surface area contributed by atoms with E-state index in [-0.39, 0.29) is 27.9 Å². The molecule has 0 aliphatic heterocycles. The van der Waals surface area contributed by atoms with Gasteiger partial charge in [0.05, 0.1) is 22.9 Å². The largest absolute Gasteiger partial charge is 0.457 e. The summed E-state index contributed by atoms with van der Waals surface area (Å²) in [7, 11) is -3.80. The number of ether oxygens (including phenoxy) is 1. The summed E-state index contributed by atoms with van der Waals surface area (Å²) in [6.07, 6.45) is 0.760. The average Bonchev–Trinajstić information content (AvgIpc) is 2.76. The first-order chi connectivity index (χ1) is 15.6. The Bertz CT molecular complexity index is 1350. The van der Waals surface area contributed by atoms with Gasteiger partial charge in [-0.15, -0.1) is 0 Å². The van der Waals surface area contributed by atoms with Gasteiger partial charge in [-0.25, -0.2) is 18.4 Å². The summed E-state index contributed by atoms with van der Waals surface area (Å²) in [6, 6.07) is 14.4. The maximum atomic E-state index is 12.5. The lowest BCUT2D eigenvalue weighted by molar-refractivity contribution is -0.115. The number of primary sulfonamides is 1. The molecule has 0 unspecified atom stereocenters. The number of anilines is 1. The molecule has 0 saturated carbocycles. The molecule has 170 valence electrons. The van der Waals surface area contributed by atoms with Gasteiger partial charge in [0.15, 0.2) is 0 Å². The van der Waals surface area contributed by atoms with Crippen LogP contribution >= 0.6 is 27.5 Å². The van der Waals surface area contributed by atoms with Gasteiger partial charge in [-0.2, -0.15) is 0 Å². The van der Waals surface area contributed by atoms with Crippen LogP contribution in [0.15, 0.2) is 64.0 Å². The lowest BCUT2D eigenvalue weighted by Gasteiger charge is -2.14. The molecule has 10 heteroatoms. The number of hydrogen-bond donors (Lipinski definition) is 2. The monoisotopic (exact) mass is 547 g/mol. The number of aryl methyl sites for hydroxylation is 1. The summed E-state index contributed by atoms with van der Waals surface area (Å²) in [6.45, 7) is 9.24. The van der Waals surface area contributed by atoms with Crippen molar-refractivity contribution >= 4 is 54.8 Å². The number of hydrogen-bond acceptors (Lipinski definition) is 4. The fourth-order valence-corrected chi connectivity index (χ4v) is 4.17. The maximum absolute atomic E-state index is 12.5. The number of sulfonamides is 1. The first-order valence-corrected chi connectivity index (χ1v) is 12.4. The molecule has 3 N–H and O–H groups in total. The number of rotatable bonds is 7. The molecular weight excluding hydrogens is 530 g/mol. The lowest BCUT2D eigenvalue weighted by Crippen LogP contribution is -2.15. The minimum Gasteiger partial charge on any atom is -0.457 e. The van der Waals surface area contributed by atoms with Crippen molar-refractivity contribution in [3.63, 3.8) is 0 Å². The summed E-state index contributed by atoms with van der Waals surface area (Å²) >= 11 is 9.67. The topological polar surface area (TPSA) is 103 Å². The minimum atomic E-state index is -3.80. The highest BCUT2D eigenvalue weighted by Crippen LogP contribution is 2.40. The number of halogens is 2. The SMILES string of the molecule is [C-]#[N+]c1cc(Br)cc(Oc2cc(CC(=O)Nc3ccc(S(N)(=O)=O)cc3)ccc2CC)c1Cl. The second-order valence-corrected chi connectivity index (χ2v) is 9.90. The van der Waals surface area contributed by atoms with E-state index in [1.165, 1.54) is 24.3 Å². The molecular formula is C23H19BrClN3O4S. The number of nitrogens with two attached hydrogens (primary N) is 1. The molecule has 0 aromatic heterocycles. The van der Waals surface area contributed by atoms with Gasteiger partial charge < -0.3 is 10.1 Å². The van der Waals surface area contributed by atoms with Crippen molar-refractivity contribution < 1.29 is 17.9 Å². The molecule has 0 aliphatic carbocycles. The Kier molecular flexibility index (Phi) is 7.76. The van der Waals surface area contributed by atoms with Crippen LogP contribution in [-0.4, -0.2) is 14.3 Å². The summed E-state index contributed by atoms with van der Waals surface area (Å²) < 4.78 is 29.4. The van der Waals surface area contributed by atoms with Crippen molar-refractivity contribution in [3.8, 4) is 11.5 Å². The van der Waals surface area contributed by atoms with Crippen LogP contribution in [0.5, 0.6) is 11.5 Å². The van der Waals surface area contributed by atoms with Gasteiger partial charge in [-0.05, 0) is 60.0 Å². The highest BCUT2D eigenvalue weighted by atomic mass is 79.9. The number of nitrogens with one attached hydrogen (secondary N) is 1. The molecule has 3 aromatic rings. The van der Waals surface area contributed by atoms with Gasteiger partial charge in [0.2, 0.25) is 21.6 Å². The molecule has 0 fully saturated rings. The Morgan fingerprint density at radius 3 is 2.45 bits per heavy atom. The Morgan fingerprint density at radius 2 is 1.85 bits per heavy atom. The Hall–Kier alpha value is -2.90. The average molecular weight is 549 g/mol. The second kappa shape index (κ2) is 10.4. The van der Waals surface area contributed by atoms with Gasteiger partial charge in [0.1, 0.15) is 11.5 Å². The third kappa shape index (κ3) is 6.33. The van der Waals surface area contributed by atoms with Crippen molar-refractivity contribution in [2.75, 3.05) is 5.32 Å². The van der Waals surface area contributed by atoms with Gasteiger partial charge in [-0.1, -0.05) is 46.6 Å². The predicted octanol–water partition coefficient (Wildman–Crippen LogP) is 5.84. The Morgan fingerprint density at radius 1 is 1.15 bits per heavy atom. The quantitative estimate of drug-likeness (QED) is 0.362. The molecule has 0 radical (unpaired) electrons. The van der Waals surface area contributed by atoms with Crippen molar-refractivity contribution in [1.82, 2.24) is 0 Å². The van der Waals surface area contributed by atoms with Crippen molar-refractivity contribution in [2.24, 2.45) is 5.14 Å². The number of carbonyl (C=O) groups is 1. The number of nitrogens with zero attached hydrogens (tertiary/aromatic N) is 1. The predicted molar refractivity (Wildman–Crippen MR) is 131 cm³/mol. The number of amides is 1.